The van der Waals surface area contributed by atoms with Crippen molar-refractivity contribution in [3.8, 4) is 0 Å². The van der Waals surface area contributed by atoms with Crippen LogP contribution in [0.1, 0.15) is 11.3 Å². The zero-order chi connectivity index (χ0) is 13.8. The summed E-state index contributed by atoms with van der Waals surface area (Å²) in [5, 5.41) is 6.93. The van der Waals surface area contributed by atoms with Crippen molar-refractivity contribution in [3.05, 3.63) is 47.8 Å². The molecule has 0 unspecified atom stereocenters. The number of nitrogens with zero attached hydrogens (tertiary/aromatic N) is 2. The van der Waals surface area contributed by atoms with Gasteiger partial charge in [0.1, 0.15) is 11.5 Å². The Labute approximate surface area is 116 Å². The van der Waals surface area contributed by atoms with Gasteiger partial charge in [-0.15, -0.1) is 0 Å². The van der Waals surface area contributed by atoms with E-state index in [4.69, 9.17) is 18.0 Å². The minimum Gasteiger partial charge on any atom is -0.389 e. The Bertz CT molecular complexity index is 603. The lowest BCUT2D eigenvalue weighted by molar-refractivity contribution is -0.116. The van der Waals surface area contributed by atoms with Gasteiger partial charge in [-0.05, 0) is 37.3 Å². The molecule has 2 rings (SSSR count). The second-order valence-corrected chi connectivity index (χ2v) is 4.58. The van der Waals surface area contributed by atoms with E-state index in [-0.39, 0.29) is 12.5 Å². The fourth-order valence-electron chi connectivity index (χ4n) is 1.62. The highest BCUT2D eigenvalue weighted by Gasteiger charge is 2.05. The molecular formula is C13H14N4OS. The molecule has 0 radical (unpaired) electrons. The molecule has 0 saturated carbocycles. The van der Waals surface area contributed by atoms with Gasteiger partial charge in [0, 0.05) is 17.4 Å². The summed E-state index contributed by atoms with van der Waals surface area (Å²) < 4.78 is 1.59. The fraction of sp³-hybridized carbons (Fsp3) is 0.154. The summed E-state index contributed by atoms with van der Waals surface area (Å²) in [5.41, 5.74) is 7.86. The van der Waals surface area contributed by atoms with Gasteiger partial charge in [-0.2, -0.15) is 5.10 Å². The number of benzene rings is 1. The van der Waals surface area contributed by atoms with Gasteiger partial charge in [-0.25, -0.2) is 0 Å². The second-order valence-electron chi connectivity index (χ2n) is 4.14. The van der Waals surface area contributed by atoms with E-state index >= 15 is 0 Å². The van der Waals surface area contributed by atoms with Crippen LogP contribution in [0.2, 0.25) is 0 Å². The Balaban J connectivity index is 1.97. The molecule has 1 heterocycles. The molecule has 0 atom stereocenters. The smallest absolute Gasteiger partial charge is 0.246 e. The number of rotatable bonds is 4. The van der Waals surface area contributed by atoms with E-state index in [0.29, 0.717) is 10.7 Å². The normalized spacial score (nSPS) is 10.2. The van der Waals surface area contributed by atoms with Crippen molar-refractivity contribution in [1.29, 1.82) is 0 Å². The maximum Gasteiger partial charge on any atom is 0.246 e. The summed E-state index contributed by atoms with van der Waals surface area (Å²) >= 11 is 4.86. The molecule has 0 spiro atoms. The number of aromatic nitrogens is 2. The van der Waals surface area contributed by atoms with E-state index in [1.54, 1.807) is 35.1 Å². The van der Waals surface area contributed by atoms with E-state index in [1.807, 2.05) is 13.0 Å². The van der Waals surface area contributed by atoms with Gasteiger partial charge in [0.2, 0.25) is 5.91 Å². The number of thiocarbonyl (C=S) groups is 1. The predicted octanol–water partition coefficient (Wildman–Crippen LogP) is 1.46. The van der Waals surface area contributed by atoms with Gasteiger partial charge in [-0.3, -0.25) is 9.48 Å². The van der Waals surface area contributed by atoms with Crippen LogP contribution in [0, 0.1) is 6.92 Å². The molecule has 0 bridgehead atoms. The molecule has 98 valence electrons. The summed E-state index contributed by atoms with van der Waals surface area (Å²) in [6, 6.07) is 8.93. The number of hydrogen-bond acceptors (Lipinski definition) is 3. The van der Waals surface area contributed by atoms with Crippen molar-refractivity contribution in [2.45, 2.75) is 13.5 Å². The number of anilines is 1. The maximum atomic E-state index is 11.8. The monoisotopic (exact) mass is 274 g/mol. The Kier molecular flexibility index (Phi) is 3.91. The van der Waals surface area contributed by atoms with Crippen molar-refractivity contribution in [2.24, 2.45) is 5.73 Å². The van der Waals surface area contributed by atoms with Crippen molar-refractivity contribution in [3.63, 3.8) is 0 Å². The first kappa shape index (κ1) is 13.2. The van der Waals surface area contributed by atoms with E-state index in [9.17, 15) is 4.79 Å². The van der Waals surface area contributed by atoms with Gasteiger partial charge in [0.05, 0.1) is 5.69 Å². The molecule has 1 aromatic heterocycles. The predicted molar refractivity (Wildman–Crippen MR) is 77.9 cm³/mol. The third kappa shape index (κ3) is 3.62. The zero-order valence-electron chi connectivity index (χ0n) is 10.5. The zero-order valence-corrected chi connectivity index (χ0v) is 11.3. The molecule has 2 aromatic rings. The molecule has 1 amide bonds. The van der Waals surface area contributed by atoms with Crippen LogP contribution in [-0.4, -0.2) is 20.7 Å². The summed E-state index contributed by atoms with van der Waals surface area (Å²) in [6.45, 7) is 2.06. The fourth-order valence-corrected chi connectivity index (χ4v) is 1.75. The Morgan fingerprint density at radius 2 is 2.05 bits per heavy atom. The van der Waals surface area contributed by atoms with Crippen LogP contribution in [0.4, 0.5) is 5.69 Å². The number of nitrogens with two attached hydrogens (primary N) is 1. The minimum atomic E-state index is -0.133. The van der Waals surface area contributed by atoms with Crippen molar-refractivity contribution >= 4 is 28.8 Å². The second kappa shape index (κ2) is 5.62. The highest BCUT2D eigenvalue weighted by Crippen LogP contribution is 2.09. The quantitative estimate of drug-likeness (QED) is 0.828. The first-order valence-electron chi connectivity index (χ1n) is 5.74. The molecule has 3 N–H and O–H groups in total. The molecule has 0 saturated heterocycles. The summed E-state index contributed by atoms with van der Waals surface area (Å²) in [7, 11) is 0. The number of hydrogen-bond donors (Lipinski definition) is 2. The molecule has 6 heteroatoms. The van der Waals surface area contributed by atoms with E-state index in [2.05, 4.69) is 10.4 Å². The molecule has 1 aromatic carbocycles. The summed E-state index contributed by atoms with van der Waals surface area (Å²) in [6.07, 6.45) is 1.77. The third-order valence-corrected chi connectivity index (χ3v) is 2.77. The first-order chi connectivity index (χ1) is 9.04. The van der Waals surface area contributed by atoms with Crippen LogP contribution in [0.3, 0.4) is 0 Å². The Morgan fingerprint density at radius 1 is 1.37 bits per heavy atom. The third-order valence-electron chi connectivity index (χ3n) is 2.53. The van der Waals surface area contributed by atoms with Crippen LogP contribution in [0.5, 0.6) is 0 Å². The van der Waals surface area contributed by atoms with Crippen molar-refractivity contribution in [1.82, 2.24) is 9.78 Å². The number of aryl methyl sites for hydroxylation is 1. The van der Waals surface area contributed by atoms with Crippen LogP contribution in [0.15, 0.2) is 36.5 Å². The van der Waals surface area contributed by atoms with Crippen molar-refractivity contribution < 1.29 is 4.79 Å². The van der Waals surface area contributed by atoms with Crippen LogP contribution in [0.25, 0.3) is 0 Å². The Hall–Kier alpha value is -2.21. The Morgan fingerprint density at radius 3 is 2.58 bits per heavy atom. The summed E-state index contributed by atoms with van der Waals surface area (Å²) in [5.74, 6) is -0.133. The lowest BCUT2D eigenvalue weighted by Gasteiger charge is -2.06. The van der Waals surface area contributed by atoms with Gasteiger partial charge in [0.25, 0.3) is 0 Å². The largest absolute Gasteiger partial charge is 0.389 e. The maximum absolute atomic E-state index is 11.8. The first-order valence-corrected chi connectivity index (χ1v) is 6.15. The lowest BCUT2D eigenvalue weighted by Crippen LogP contribution is -2.19. The van der Waals surface area contributed by atoms with Crippen LogP contribution in [-0.2, 0) is 11.3 Å². The molecule has 0 aliphatic carbocycles. The number of carbonyl (C=O) groups is 1. The molecule has 0 aliphatic heterocycles. The van der Waals surface area contributed by atoms with Gasteiger partial charge in [0.15, 0.2) is 0 Å². The van der Waals surface area contributed by atoms with Crippen LogP contribution < -0.4 is 11.1 Å². The molecule has 0 aliphatic rings. The SMILES string of the molecule is Cc1ccn(CC(=O)Nc2ccc(C(N)=S)cc2)n1. The lowest BCUT2D eigenvalue weighted by atomic mass is 10.2. The highest BCUT2D eigenvalue weighted by atomic mass is 32.1. The average Bonchev–Trinajstić information content (AvgIpc) is 2.75. The summed E-state index contributed by atoms with van der Waals surface area (Å²) in [4.78, 5) is 12.1. The molecule has 0 fully saturated rings. The van der Waals surface area contributed by atoms with E-state index in [1.165, 1.54) is 0 Å². The molecular weight excluding hydrogens is 260 g/mol. The number of amides is 1. The van der Waals surface area contributed by atoms with E-state index < -0.39 is 0 Å². The number of nitrogens with one attached hydrogen (secondary N) is 1. The van der Waals surface area contributed by atoms with E-state index in [0.717, 1.165) is 11.3 Å². The minimum absolute atomic E-state index is 0.133. The molecule has 5 nitrogen and oxygen atoms in total. The van der Waals surface area contributed by atoms with Gasteiger partial charge < -0.3 is 11.1 Å². The number of carbonyl (C=O) groups excluding carboxylic acids is 1. The topological polar surface area (TPSA) is 72.9 Å². The van der Waals surface area contributed by atoms with Gasteiger partial charge >= 0.3 is 0 Å². The van der Waals surface area contributed by atoms with Crippen LogP contribution >= 0.6 is 12.2 Å². The van der Waals surface area contributed by atoms with Crippen molar-refractivity contribution in [2.75, 3.05) is 5.32 Å². The van der Waals surface area contributed by atoms with Gasteiger partial charge in [-0.1, -0.05) is 12.2 Å². The highest BCUT2D eigenvalue weighted by molar-refractivity contribution is 7.80. The standard InChI is InChI=1S/C13H14N4OS/c1-9-6-7-17(16-9)8-12(18)15-11-4-2-10(3-5-11)13(14)19/h2-7H,8H2,1H3,(H2,14,19)(H,15,18). The average molecular weight is 274 g/mol. The molecule has 19 heavy (non-hydrogen) atoms.